The number of amides is 2. The van der Waals surface area contributed by atoms with Crippen LogP contribution in [0.15, 0.2) is 48.5 Å². The molecule has 1 fully saturated rings. The van der Waals surface area contributed by atoms with E-state index in [9.17, 15) is 9.59 Å². The van der Waals surface area contributed by atoms with E-state index in [1.807, 2.05) is 66.9 Å². The Morgan fingerprint density at radius 2 is 1.72 bits per heavy atom. The Balaban J connectivity index is 1.52. The Kier molecular flexibility index (Phi) is 9.59. The first-order valence-electron chi connectivity index (χ1n) is 11.3. The number of thioether (sulfide) groups is 1. The summed E-state index contributed by atoms with van der Waals surface area (Å²) in [5.41, 5.74) is 3.84. The minimum absolute atomic E-state index is 0.103. The summed E-state index contributed by atoms with van der Waals surface area (Å²) in [6.07, 6.45) is 0.870. The van der Waals surface area contributed by atoms with Crippen LogP contribution in [0.2, 0.25) is 0 Å². The summed E-state index contributed by atoms with van der Waals surface area (Å²) in [5.74, 6) is 2.15. The number of hydrogen-bond acceptors (Lipinski definition) is 5. The highest BCUT2D eigenvalue weighted by Crippen LogP contribution is 2.16. The number of carbonyl (C=O) groups excluding carboxylic acids is 2. The molecule has 0 radical (unpaired) electrons. The van der Waals surface area contributed by atoms with Crippen molar-refractivity contribution in [1.29, 1.82) is 0 Å². The lowest BCUT2D eigenvalue weighted by molar-refractivity contribution is -0.120. The first kappa shape index (κ1) is 24.3. The van der Waals surface area contributed by atoms with E-state index in [-0.39, 0.29) is 24.9 Å². The third kappa shape index (κ3) is 7.97. The zero-order valence-corrected chi connectivity index (χ0v) is 19.9. The monoisotopic (exact) mass is 454 g/mol. The predicted molar refractivity (Wildman–Crippen MR) is 134 cm³/mol. The number of para-hydroxylation sites is 1. The van der Waals surface area contributed by atoms with Crippen LogP contribution in [-0.2, 0) is 16.1 Å². The lowest BCUT2D eigenvalue weighted by atomic mass is 10.2. The molecule has 0 bridgehead atoms. The lowest BCUT2D eigenvalue weighted by Crippen LogP contribution is -2.39. The molecule has 0 unspecified atom stereocenters. The molecule has 1 saturated heterocycles. The summed E-state index contributed by atoms with van der Waals surface area (Å²) in [4.78, 5) is 29.6. The van der Waals surface area contributed by atoms with E-state index in [4.69, 9.17) is 0 Å². The van der Waals surface area contributed by atoms with Gasteiger partial charge < -0.3 is 10.6 Å². The SMILES string of the molecule is CCCN(CC(=O)Nc1cccc(CN2CCSCC2)c1)CC(=O)Nc1ccccc1C. The average molecular weight is 455 g/mol. The van der Waals surface area contributed by atoms with Crippen LogP contribution >= 0.6 is 11.8 Å². The van der Waals surface area contributed by atoms with E-state index < -0.39 is 0 Å². The topological polar surface area (TPSA) is 64.7 Å². The van der Waals surface area contributed by atoms with E-state index in [2.05, 4.69) is 27.7 Å². The van der Waals surface area contributed by atoms with Crippen molar-refractivity contribution in [3.8, 4) is 0 Å². The molecule has 0 spiro atoms. The van der Waals surface area contributed by atoms with Gasteiger partial charge in [-0.2, -0.15) is 11.8 Å². The van der Waals surface area contributed by atoms with E-state index in [1.165, 1.54) is 17.1 Å². The van der Waals surface area contributed by atoms with Gasteiger partial charge in [0, 0.05) is 42.5 Å². The van der Waals surface area contributed by atoms with Gasteiger partial charge in [0.25, 0.3) is 0 Å². The minimum Gasteiger partial charge on any atom is -0.325 e. The van der Waals surface area contributed by atoms with E-state index in [0.717, 1.165) is 43.0 Å². The van der Waals surface area contributed by atoms with Crippen LogP contribution in [0.5, 0.6) is 0 Å². The number of nitrogens with zero attached hydrogens (tertiary/aromatic N) is 2. The van der Waals surface area contributed by atoms with Gasteiger partial charge in [-0.3, -0.25) is 19.4 Å². The number of nitrogens with one attached hydrogen (secondary N) is 2. The zero-order chi connectivity index (χ0) is 22.8. The second kappa shape index (κ2) is 12.6. The van der Waals surface area contributed by atoms with Crippen molar-refractivity contribution in [1.82, 2.24) is 9.80 Å². The van der Waals surface area contributed by atoms with Gasteiger partial charge >= 0.3 is 0 Å². The molecule has 2 aromatic rings. The smallest absolute Gasteiger partial charge is 0.238 e. The van der Waals surface area contributed by atoms with Crippen molar-refractivity contribution in [3.63, 3.8) is 0 Å². The molecular formula is C25H34N4O2S. The van der Waals surface area contributed by atoms with E-state index in [1.54, 1.807) is 0 Å². The van der Waals surface area contributed by atoms with Gasteiger partial charge in [0.15, 0.2) is 0 Å². The van der Waals surface area contributed by atoms with Crippen LogP contribution in [0.25, 0.3) is 0 Å². The number of carbonyl (C=O) groups is 2. The molecule has 3 rings (SSSR count). The molecule has 0 aromatic heterocycles. The van der Waals surface area contributed by atoms with Crippen LogP contribution in [0, 0.1) is 6.92 Å². The van der Waals surface area contributed by atoms with E-state index in [0.29, 0.717) is 6.54 Å². The molecule has 2 aromatic carbocycles. The standard InChI is InChI=1S/C25H34N4O2S/c1-3-11-29(19-25(31)27-23-10-5-4-7-20(23)2)18-24(30)26-22-9-6-8-21(16-22)17-28-12-14-32-15-13-28/h4-10,16H,3,11-15,17-19H2,1-2H3,(H,26,30)(H,27,31). The zero-order valence-electron chi connectivity index (χ0n) is 19.1. The predicted octanol–water partition coefficient (Wildman–Crippen LogP) is 3.83. The number of anilines is 2. The van der Waals surface area contributed by atoms with Crippen LogP contribution in [0.3, 0.4) is 0 Å². The van der Waals surface area contributed by atoms with Gasteiger partial charge in [0.2, 0.25) is 11.8 Å². The Morgan fingerprint density at radius 3 is 2.44 bits per heavy atom. The number of aryl methyl sites for hydroxylation is 1. The fourth-order valence-electron chi connectivity index (χ4n) is 3.80. The summed E-state index contributed by atoms with van der Waals surface area (Å²) >= 11 is 2.00. The van der Waals surface area contributed by atoms with Crippen molar-refractivity contribution >= 4 is 35.0 Å². The molecule has 0 saturated carbocycles. The molecular weight excluding hydrogens is 420 g/mol. The molecule has 1 heterocycles. The highest BCUT2D eigenvalue weighted by atomic mass is 32.2. The third-order valence-electron chi connectivity index (χ3n) is 5.41. The summed E-state index contributed by atoms with van der Waals surface area (Å²) < 4.78 is 0. The third-order valence-corrected chi connectivity index (χ3v) is 6.36. The maximum absolute atomic E-state index is 12.7. The Bertz CT molecular complexity index is 899. The van der Waals surface area contributed by atoms with Gasteiger partial charge in [-0.05, 0) is 49.2 Å². The van der Waals surface area contributed by atoms with Gasteiger partial charge in [0.1, 0.15) is 0 Å². The molecule has 0 atom stereocenters. The summed E-state index contributed by atoms with van der Waals surface area (Å²) in [5, 5.41) is 5.96. The van der Waals surface area contributed by atoms with Crippen LogP contribution < -0.4 is 10.6 Å². The maximum Gasteiger partial charge on any atom is 0.238 e. The van der Waals surface area contributed by atoms with Crippen molar-refractivity contribution in [3.05, 3.63) is 59.7 Å². The Hall–Kier alpha value is -2.35. The second-order valence-corrected chi connectivity index (χ2v) is 9.44. The quantitative estimate of drug-likeness (QED) is 0.571. The lowest BCUT2D eigenvalue weighted by Gasteiger charge is -2.26. The normalized spacial score (nSPS) is 14.3. The minimum atomic E-state index is -0.109. The van der Waals surface area contributed by atoms with Crippen molar-refractivity contribution < 1.29 is 9.59 Å². The molecule has 1 aliphatic rings. The van der Waals surface area contributed by atoms with Gasteiger partial charge in [-0.1, -0.05) is 37.3 Å². The van der Waals surface area contributed by atoms with Crippen molar-refractivity contribution in [2.24, 2.45) is 0 Å². The molecule has 2 N–H and O–H groups in total. The Labute approximate surface area is 195 Å². The van der Waals surface area contributed by atoms with Gasteiger partial charge in [0.05, 0.1) is 13.1 Å². The van der Waals surface area contributed by atoms with Crippen LogP contribution in [-0.4, -0.2) is 65.8 Å². The summed E-state index contributed by atoms with van der Waals surface area (Å²) in [7, 11) is 0. The highest BCUT2D eigenvalue weighted by Gasteiger charge is 2.16. The molecule has 0 aliphatic carbocycles. The molecule has 7 heteroatoms. The second-order valence-electron chi connectivity index (χ2n) is 8.21. The molecule has 6 nitrogen and oxygen atoms in total. The maximum atomic E-state index is 12.7. The van der Waals surface area contributed by atoms with Crippen molar-refractivity contribution in [2.45, 2.75) is 26.8 Å². The highest BCUT2D eigenvalue weighted by molar-refractivity contribution is 7.99. The Morgan fingerprint density at radius 1 is 1.00 bits per heavy atom. The molecule has 32 heavy (non-hydrogen) atoms. The largest absolute Gasteiger partial charge is 0.325 e. The van der Waals surface area contributed by atoms with Gasteiger partial charge in [-0.15, -0.1) is 0 Å². The molecule has 1 aliphatic heterocycles. The number of benzene rings is 2. The van der Waals surface area contributed by atoms with Crippen molar-refractivity contribution in [2.75, 3.05) is 54.9 Å². The fraction of sp³-hybridized carbons (Fsp3) is 0.440. The summed E-state index contributed by atoms with van der Waals surface area (Å²) in [6, 6.07) is 15.8. The summed E-state index contributed by atoms with van der Waals surface area (Å²) in [6.45, 7) is 8.19. The van der Waals surface area contributed by atoms with Crippen LogP contribution in [0.1, 0.15) is 24.5 Å². The first-order chi connectivity index (χ1) is 15.5. The molecule has 172 valence electrons. The van der Waals surface area contributed by atoms with E-state index >= 15 is 0 Å². The molecule has 2 amide bonds. The number of hydrogen-bond donors (Lipinski definition) is 2. The van der Waals surface area contributed by atoms with Crippen LogP contribution in [0.4, 0.5) is 11.4 Å². The fourth-order valence-corrected chi connectivity index (χ4v) is 4.78. The average Bonchev–Trinajstić information content (AvgIpc) is 2.76. The first-order valence-corrected chi connectivity index (χ1v) is 12.5. The van der Waals surface area contributed by atoms with Gasteiger partial charge in [-0.25, -0.2) is 0 Å². The number of rotatable bonds is 10.